The summed E-state index contributed by atoms with van der Waals surface area (Å²) < 4.78 is 2.32. The van der Waals surface area contributed by atoms with Crippen LogP contribution in [0.3, 0.4) is 0 Å². The molecule has 13 rings (SSSR count). The van der Waals surface area contributed by atoms with Gasteiger partial charge in [-0.1, -0.05) is 170 Å². The smallest absolute Gasteiger partial charge is 0.160 e. The first-order valence-electron chi connectivity index (χ1n) is 26.2. The highest BCUT2D eigenvalue weighted by Gasteiger charge is 2.21. The summed E-state index contributed by atoms with van der Waals surface area (Å²) in [5, 5.41) is 23.6. The number of fused-ring (bicyclic) bond motifs is 3. The van der Waals surface area contributed by atoms with E-state index in [9.17, 15) is 10.5 Å². The van der Waals surface area contributed by atoms with Crippen LogP contribution in [0.15, 0.2) is 285 Å². The molecule has 0 radical (unpaired) electrons. The molecule has 0 amide bonds. The van der Waals surface area contributed by atoms with Crippen molar-refractivity contribution in [3.8, 4) is 74.0 Å². The molecule has 2 aromatic heterocycles. The summed E-state index contributed by atoms with van der Waals surface area (Å²) >= 11 is 0. The van der Waals surface area contributed by atoms with Gasteiger partial charge < -0.3 is 14.4 Å². The van der Waals surface area contributed by atoms with Crippen molar-refractivity contribution in [2.24, 2.45) is 0 Å². The summed E-state index contributed by atoms with van der Waals surface area (Å²) in [6.45, 7) is 0. The van der Waals surface area contributed by atoms with E-state index in [2.05, 4.69) is 184 Å². The van der Waals surface area contributed by atoms with E-state index in [1.54, 1.807) is 0 Å². The highest BCUT2D eigenvalue weighted by molar-refractivity contribution is 6.12. The van der Waals surface area contributed by atoms with Crippen LogP contribution in [0.1, 0.15) is 11.1 Å². The number of hydrogen-bond donors (Lipinski definition) is 0. The maximum atomic E-state index is 10.7. The van der Waals surface area contributed by atoms with Gasteiger partial charge in [-0.3, -0.25) is 0 Å². The SMILES string of the molecule is N#Cc1cc(-c2ccc(-n3c4ccc(N(c5ccccc5)c5ccccc5)cc4c4cc(N(c5ccccc5)c5ccccc5)ccc43)cc2)c(C#N)cc1-c1ccc(-c2cc(-c3ccccc3)nc(-c3ccccc3)n2)cc1. The largest absolute Gasteiger partial charge is 0.310 e. The summed E-state index contributed by atoms with van der Waals surface area (Å²) in [4.78, 5) is 14.6. The van der Waals surface area contributed by atoms with Crippen LogP contribution in [0.4, 0.5) is 34.1 Å². The van der Waals surface area contributed by atoms with Gasteiger partial charge in [0.15, 0.2) is 5.82 Å². The molecule has 0 spiro atoms. The fraction of sp³-hybridized carbons (Fsp3) is 0. The second-order valence-corrected chi connectivity index (χ2v) is 19.2. The molecule has 0 bridgehead atoms. The predicted octanol–water partition coefficient (Wildman–Crippen LogP) is 18.6. The molecule has 79 heavy (non-hydrogen) atoms. The topological polar surface area (TPSA) is 84.8 Å². The standard InChI is InChI=1S/C72H47N7/c73-48-55-44-65(56(49-74)43-64(55)50-31-33-53(34-32-50)69-47-68(52-19-7-1-8-20-52)75-72(76-69)54-21-9-2-10-22-54)51-35-37-61(38-36-51)79-70-41-39-62(77(57-23-11-3-12-24-57)58-25-13-4-14-26-58)45-66(70)67-46-63(40-42-71(67)79)78(59-27-15-5-16-28-59)60-29-17-6-18-30-60/h1-47H. The quantitative estimate of drug-likeness (QED) is 0.121. The Morgan fingerprint density at radius 3 is 1.04 bits per heavy atom. The van der Waals surface area contributed by atoms with Gasteiger partial charge in [0.1, 0.15) is 0 Å². The Balaban J connectivity index is 0.887. The molecule has 0 aliphatic carbocycles. The minimum atomic E-state index is 0.472. The highest BCUT2D eigenvalue weighted by atomic mass is 15.1. The van der Waals surface area contributed by atoms with E-state index in [0.717, 1.165) is 101 Å². The van der Waals surface area contributed by atoms with Gasteiger partial charge in [0.05, 0.1) is 45.7 Å². The zero-order chi connectivity index (χ0) is 53.1. The van der Waals surface area contributed by atoms with Crippen LogP contribution < -0.4 is 9.80 Å². The fourth-order valence-corrected chi connectivity index (χ4v) is 10.7. The number of hydrogen-bond acceptors (Lipinski definition) is 6. The van der Waals surface area contributed by atoms with Gasteiger partial charge in [0.25, 0.3) is 0 Å². The minimum absolute atomic E-state index is 0.472. The van der Waals surface area contributed by atoms with Crippen LogP contribution >= 0.6 is 0 Å². The Hall–Kier alpha value is -11.1. The van der Waals surface area contributed by atoms with Crippen LogP contribution in [0.2, 0.25) is 0 Å². The molecule has 370 valence electrons. The molecule has 0 N–H and O–H groups in total. The van der Waals surface area contributed by atoms with E-state index in [0.29, 0.717) is 28.1 Å². The lowest BCUT2D eigenvalue weighted by Gasteiger charge is -2.26. The van der Waals surface area contributed by atoms with Crippen molar-refractivity contribution < 1.29 is 0 Å². The van der Waals surface area contributed by atoms with Gasteiger partial charge >= 0.3 is 0 Å². The Bertz CT molecular complexity index is 4120. The molecule has 0 atom stereocenters. The molecule has 0 aliphatic rings. The van der Waals surface area contributed by atoms with E-state index in [1.165, 1.54) is 0 Å². The summed E-state index contributed by atoms with van der Waals surface area (Å²) in [7, 11) is 0. The number of rotatable bonds is 12. The molecule has 0 saturated carbocycles. The minimum Gasteiger partial charge on any atom is -0.310 e. The number of anilines is 6. The first-order valence-corrected chi connectivity index (χ1v) is 26.2. The molecule has 13 aromatic rings. The van der Waals surface area contributed by atoms with Crippen molar-refractivity contribution in [3.63, 3.8) is 0 Å². The van der Waals surface area contributed by atoms with E-state index in [4.69, 9.17) is 9.97 Å². The average Bonchev–Trinajstić information content (AvgIpc) is 4.13. The maximum absolute atomic E-state index is 10.7. The van der Waals surface area contributed by atoms with Gasteiger partial charge in [0.2, 0.25) is 0 Å². The van der Waals surface area contributed by atoms with Crippen molar-refractivity contribution in [1.82, 2.24) is 14.5 Å². The lowest BCUT2D eigenvalue weighted by atomic mass is 9.91. The molecule has 0 saturated heterocycles. The van der Waals surface area contributed by atoms with Crippen LogP contribution in [0.25, 0.3) is 83.6 Å². The van der Waals surface area contributed by atoms with Gasteiger partial charge in [-0.25, -0.2) is 9.97 Å². The zero-order valence-electron chi connectivity index (χ0n) is 42.8. The monoisotopic (exact) mass is 1010 g/mol. The van der Waals surface area contributed by atoms with Gasteiger partial charge in [0, 0.05) is 78.4 Å². The number of nitriles is 2. The first kappa shape index (κ1) is 47.6. The molecule has 7 heteroatoms. The number of aromatic nitrogens is 3. The summed E-state index contributed by atoms with van der Waals surface area (Å²) in [5.74, 6) is 0.637. The third kappa shape index (κ3) is 9.21. The molecule has 11 aromatic carbocycles. The predicted molar refractivity (Wildman–Crippen MR) is 322 cm³/mol. The second kappa shape index (κ2) is 20.9. The molecule has 7 nitrogen and oxygen atoms in total. The molecular formula is C72H47N7. The highest BCUT2D eigenvalue weighted by Crippen LogP contribution is 2.43. The Kier molecular flexibility index (Phi) is 12.6. The summed E-state index contributed by atoms with van der Waals surface area (Å²) in [6, 6.07) is 102. The van der Waals surface area contributed by atoms with Gasteiger partial charge in [-0.05, 0) is 126 Å². The zero-order valence-corrected chi connectivity index (χ0v) is 42.8. The number of benzene rings is 11. The van der Waals surface area contributed by atoms with E-state index < -0.39 is 0 Å². The van der Waals surface area contributed by atoms with Crippen LogP contribution in [-0.2, 0) is 0 Å². The van der Waals surface area contributed by atoms with Crippen LogP contribution in [0, 0.1) is 22.7 Å². The van der Waals surface area contributed by atoms with Crippen LogP contribution in [-0.4, -0.2) is 14.5 Å². The molecule has 2 heterocycles. The van der Waals surface area contributed by atoms with Gasteiger partial charge in [-0.15, -0.1) is 0 Å². The van der Waals surface area contributed by atoms with E-state index in [-0.39, 0.29) is 0 Å². The summed E-state index contributed by atoms with van der Waals surface area (Å²) in [6.07, 6.45) is 0. The normalized spacial score (nSPS) is 11.0. The van der Waals surface area contributed by atoms with Crippen molar-refractivity contribution in [2.45, 2.75) is 0 Å². The average molecular weight is 1010 g/mol. The van der Waals surface area contributed by atoms with Crippen molar-refractivity contribution in [1.29, 1.82) is 10.5 Å². The van der Waals surface area contributed by atoms with Crippen molar-refractivity contribution in [2.75, 3.05) is 9.80 Å². The maximum Gasteiger partial charge on any atom is 0.160 e. The second-order valence-electron chi connectivity index (χ2n) is 19.2. The van der Waals surface area contributed by atoms with E-state index >= 15 is 0 Å². The lowest BCUT2D eigenvalue weighted by molar-refractivity contribution is 1.18. The Labute approximate surface area is 458 Å². The van der Waals surface area contributed by atoms with E-state index in [1.807, 2.05) is 127 Å². The van der Waals surface area contributed by atoms with Crippen LogP contribution in [0.5, 0.6) is 0 Å². The third-order valence-corrected chi connectivity index (χ3v) is 14.5. The lowest BCUT2D eigenvalue weighted by Crippen LogP contribution is -2.09. The number of para-hydroxylation sites is 4. The van der Waals surface area contributed by atoms with Crippen molar-refractivity contribution >= 4 is 55.9 Å². The Morgan fingerprint density at radius 2 is 0.646 bits per heavy atom. The number of nitrogens with zero attached hydrogens (tertiary/aromatic N) is 7. The Morgan fingerprint density at radius 1 is 0.304 bits per heavy atom. The molecule has 0 fully saturated rings. The molecular weight excluding hydrogens is 963 g/mol. The fourth-order valence-electron chi connectivity index (χ4n) is 10.7. The van der Waals surface area contributed by atoms with Gasteiger partial charge in [-0.2, -0.15) is 10.5 Å². The first-order chi connectivity index (χ1) is 39.1. The third-order valence-electron chi connectivity index (χ3n) is 14.5. The molecule has 0 unspecified atom stereocenters. The summed E-state index contributed by atoms with van der Waals surface area (Å²) in [5.41, 5.74) is 17.8. The molecule has 0 aliphatic heterocycles. The van der Waals surface area contributed by atoms with Crippen molar-refractivity contribution in [3.05, 3.63) is 296 Å².